The highest BCUT2D eigenvalue weighted by Gasteiger charge is 2.15. The molecular weight excluding hydrogens is 266 g/mol. The third-order valence-electron chi connectivity index (χ3n) is 2.40. The fourth-order valence-electron chi connectivity index (χ4n) is 1.31. The second-order valence-electron chi connectivity index (χ2n) is 4.90. The van der Waals surface area contributed by atoms with Crippen molar-refractivity contribution in [1.82, 2.24) is 10.0 Å². The molecule has 0 radical (unpaired) electrons. The maximum atomic E-state index is 11.8. The molecule has 0 bridgehead atoms. The Morgan fingerprint density at radius 1 is 1.26 bits per heavy atom. The Balaban J connectivity index is 2.80. The van der Waals surface area contributed by atoms with Crippen LogP contribution in [0, 0.1) is 0 Å². The molecule has 0 aliphatic heterocycles. The molecule has 1 amide bonds. The molecule has 0 atom stereocenters. The van der Waals surface area contributed by atoms with Crippen LogP contribution in [0.25, 0.3) is 0 Å². The van der Waals surface area contributed by atoms with Gasteiger partial charge in [0.1, 0.15) is 0 Å². The van der Waals surface area contributed by atoms with E-state index in [1.54, 1.807) is 13.8 Å². The van der Waals surface area contributed by atoms with Gasteiger partial charge in [-0.05, 0) is 45.2 Å². The zero-order valence-corrected chi connectivity index (χ0v) is 12.0. The maximum Gasteiger partial charge on any atom is 0.251 e. The van der Waals surface area contributed by atoms with Gasteiger partial charge in [0.25, 0.3) is 5.91 Å². The SMILES string of the molecule is CNS(=O)(=O)c1ccc(C(=O)NCC(C)(C)N)cc1. The molecule has 6 nitrogen and oxygen atoms in total. The normalized spacial score (nSPS) is 12.2. The fourth-order valence-corrected chi connectivity index (χ4v) is 2.04. The third kappa shape index (κ3) is 4.62. The zero-order valence-electron chi connectivity index (χ0n) is 11.2. The quantitative estimate of drug-likeness (QED) is 0.712. The zero-order chi connectivity index (χ0) is 14.7. The molecule has 1 aromatic rings. The first-order valence-corrected chi connectivity index (χ1v) is 7.25. The molecule has 0 saturated carbocycles. The molecule has 0 aliphatic rings. The van der Waals surface area contributed by atoms with Crippen LogP contribution in [-0.4, -0.2) is 33.5 Å². The number of amides is 1. The lowest BCUT2D eigenvalue weighted by Crippen LogP contribution is -2.45. The minimum atomic E-state index is -3.48. The summed E-state index contributed by atoms with van der Waals surface area (Å²) in [5.41, 5.74) is 5.65. The summed E-state index contributed by atoms with van der Waals surface area (Å²) in [5, 5.41) is 2.68. The Kier molecular flexibility index (Phi) is 4.67. The van der Waals surface area contributed by atoms with E-state index in [0.717, 1.165) is 0 Å². The minimum Gasteiger partial charge on any atom is -0.350 e. The molecule has 0 aliphatic carbocycles. The first-order valence-electron chi connectivity index (χ1n) is 5.76. The topological polar surface area (TPSA) is 101 Å². The van der Waals surface area contributed by atoms with E-state index in [0.29, 0.717) is 12.1 Å². The molecule has 1 aromatic carbocycles. The van der Waals surface area contributed by atoms with Crippen molar-refractivity contribution in [3.63, 3.8) is 0 Å². The number of rotatable bonds is 5. The van der Waals surface area contributed by atoms with E-state index in [1.165, 1.54) is 31.3 Å². The van der Waals surface area contributed by atoms with Gasteiger partial charge in [-0.1, -0.05) is 0 Å². The highest BCUT2D eigenvalue weighted by molar-refractivity contribution is 7.89. The van der Waals surface area contributed by atoms with Crippen molar-refractivity contribution in [2.45, 2.75) is 24.3 Å². The molecule has 1 rings (SSSR count). The van der Waals surface area contributed by atoms with Gasteiger partial charge in [-0.25, -0.2) is 13.1 Å². The summed E-state index contributed by atoms with van der Waals surface area (Å²) in [5.74, 6) is -0.285. The molecule has 106 valence electrons. The van der Waals surface area contributed by atoms with E-state index in [9.17, 15) is 13.2 Å². The van der Waals surface area contributed by atoms with E-state index < -0.39 is 15.6 Å². The second-order valence-corrected chi connectivity index (χ2v) is 6.79. The maximum absolute atomic E-state index is 11.8. The van der Waals surface area contributed by atoms with Crippen LogP contribution in [0.2, 0.25) is 0 Å². The number of carbonyl (C=O) groups excluding carboxylic acids is 1. The van der Waals surface area contributed by atoms with Gasteiger partial charge in [0, 0.05) is 17.6 Å². The van der Waals surface area contributed by atoms with Crippen LogP contribution in [-0.2, 0) is 10.0 Å². The van der Waals surface area contributed by atoms with Crippen LogP contribution in [0.3, 0.4) is 0 Å². The minimum absolute atomic E-state index is 0.116. The van der Waals surface area contributed by atoms with Gasteiger partial charge >= 0.3 is 0 Å². The van der Waals surface area contributed by atoms with Gasteiger partial charge in [0.05, 0.1) is 4.90 Å². The number of nitrogens with two attached hydrogens (primary N) is 1. The Hall–Kier alpha value is -1.44. The summed E-state index contributed by atoms with van der Waals surface area (Å²) in [7, 11) is -2.15. The third-order valence-corrected chi connectivity index (χ3v) is 3.83. The predicted octanol–water partition coefficient (Wildman–Crippen LogP) is 0.0618. The van der Waals surface area contributed by atoms with E-state index >= 15 is 0 Å². The first-order chi connectivity index (χ1) is 8.65. The predicted molar refractivity (Wildman–Crippen MR) is 73.3 cm³/mol. The lowest BCUT2D eigenvalue weighted by Gasteiger charge is -2.18. The second kappa shape index (κ2) is 5.68. The van der Waals surface area contributed by atoms with Crippen molar-refractivity contribution < 1.29 is 13.2 Å². The lowest BCUT2D eigenvalue weighted by molar-refractivity contribution is 0.0946. The molecule has 0 unspecified atom stereocenters. The molecule has 4 N–H and O–H groups in total. The Morgan fingerprint density at radius 3 is 2.21 bits per heavy atom. The molecule has 0 aromatic heterocycles. The largest absolute Gasteiger partial charge is 0.350 e. The number of sulfonamides is 1. The summed E-state index contributed by atoms with van der Waals surface area (Å²) < 4.78 is 25.2. The molecular formula is C12H19N3O3S. The van der Waals surface area contributed by atoms with Gasteiger partial charge in [-0.15, -0.1) is 0 Å². The van der Waals surface area contributed by atoms with Crippen LogP contribution in [0.4, 0.5) is 0 Å². The average molecular weight is 285 g/mol. The lowest BCUT2D eigenvalue weighted by atomic mass is 10.1. The molecule has 0 fully saturated rings. The summed E-state index contributed by atoms with van der Waals surface area (Å²) >= 11 is 0. The number of benzene rings is 1. The summed E-state index contributed by atoms with van der Waals surface area (Å²) in [4.78, 5) is 11.9. The van der Waals surface area contributed by atoms with E-state index in [4.69, 9.17) is 5.73 Å². The van der Waals surface area contributed by atoms with Crippen LogP contribution in [0.5, 0.6) is 0 Å². The van der Waals surface area contributed by atoms with Gasteiger partial charge in [-0.2, -0.15) is 0 Å². The summed E-state index contributed by atoms with van der Waals surface area (Å²) in [6.45, 7) is 3.94. The van der Waals surface area contributed by atoms with Crippen LogP contribution in [0.15, 0.2) is 29.2 Å². The molecule has 0 heterocycles. The fraction of sp³-hybridized carbons (Fsp3) is 0.417. The van der Waals surface area contributed by atoms with Crippen molar-refractivity contribution in [1.29, 1.82) is 0 Å². The van der Waals surface area contributed by atoms with Gasteiger partial charge in [0.15, 0.2) is 0 Å². The van der Waals surface area contributed by atoms with E-state index in [1.807, 2.05) is 0 Å². The number of hydrogen-bond donors (Lipinski definition) is 3. The summed E-state index contributed by atoms with van der Waals surface area (Å²) in [6.07, 6.45) is 0. The molecule has 19 heavy (non-hydrogen) atoms. The molecule has 0 saturated heterocycles. The Morgan fingerprint density at radius 2 is 1.79 bits per heavy atom. The summed E-state index contributed by atoms with van der Waals surface area (Å²) in [6, 6.07) is 5.69. The van der Waals surface area contributed by atoms with Crippen molar-refractivity contribution in [3.05, 3.63) is 29.8 Å². The van der Waals surface area contributed by atoms with Gasteiger partial charge < -0.3 is 11.1 Å². The molecule has 0 spiro atoms. The van der Waals surface area contributed by atoms with Gasteiger partial charge in [-0.3, -0.25) is 4.79 Å². The van der Waals surface area contributed by atoms with Crippen molar-refractivity contribution in [2.75, 3.05) is 13.6 Å². The highest BCUT2D eigenvalue weighted by Crippen LogP contribution is 2.10. The van der Waals surface area contributed by atoms with Gasteiger partial charge in [0.2, 0.25) is 10.0 Å². The number of hydrogen-bond acceptors (Lipinski definition) is 4. The van der Waals surface area contributed by atoms with Crippen LogP contribution < -0.4 is 15.8 Å². The average Bonchev–Trinajstić information content (AvgIpc) is 2.35. The smallest absolute Gasteiger partial charge is 0.251 e. The van der Waals surface area contributed by atoms with E-state index in [2.05, 4.69) is 10.0 Å². The van der Waals surface area contributed by atoms with Crippen molar-refractivity contribution in [2.24, 2.45) is 5.73 Å². The number of carbonyl (C=O) groups is 1. The Labute approximate surface area is 113 Å². The van der Waals surface area contributed by atoms with Crippen LogP contribution in [0.1, 0.15) is 24.2 Å². The van der Waals surface area contributed by atoms with E-state index in [-0.39, 0.29) is 10.8 Å². The van der Waals surface area contributed by atoms with Crippen molar-refractivity contribution in [3.8, 4) is 0 Å². The molecule has 7 heteroatoms. The van der Waals surface area contributed by atoms with Crippen LogP contribution >= 0.6 is 0 Å². The first kappa shape index (κ1) is 15.6. The monoisotopic (exact) mass is 285 g/mol. The number of nitrogens with one attached hydrogen (secondary N) is 2. The standard InChI is InChI=1S/C12H19N3O3S/c1-12(2,13)8-15-11(16)9-4-6-10(7-5-9)19(17,18)14-3/h4-7,14H,8,13H2,1-3H3,(H,15,16). The van der Waals surface area contributed by atoms with Crippen molar-refractivity contribution >= 4 is 15.9 Å². The highest BCUT2D eigenvalue weighted by atomic mass is 32.2. The Bertz CT molecular complexity index is 545.